The molecule has 0 unspecified atom stereocenters. The molecule has 2 heteroatoms. The maximum absolute atomic E-state index is 11.4. The standard InChI is InChI=1S/C19H26O2/c1-15(2)8-7-9-16(3)12-13-18(19(20)21)14-17-10-5-4-6-11-17/h4-6,8,10-12,18H,7,9,13-14H2,1-3H3,(H,20,21)/b16-12+/t18-/m1/s1. The van der Waals surface area contributed by atoms with E-state index in [0.29, 0.717) is 12.8 Å². The van der Waals surface area contributed by atoms with Gasteiger partial charge >= 0.3 is 5.97 Å². The molecule has 0 fully saturated rings. The highest BCUT2D eigenvalue weighted by atomic mass is 16.4. The molecule has 0 aliphatic rings. The van der Waals surface area contributed by atoms with Crippen molar-refractivity contribution < 1.29 is 9.90 Å². The summed E-state index contributed by atoms with van der Waals surface area (Å²) in [5, 5.41) is 9.36. The lowest BCUT2D eigenvalue weighted by atomic mass is 9.95. The van der Waals surface area contributed by atoms with Crippen molar-refractivity contribution in [2.45, 2.75) is 46.5 Å². The maximum atomic E-state index is 11.4. The van der Waals surface area contributed by atoms with E-state index in [-0.39, 0.29) is 5.92 Å². The van der Waals surface area contributed by atoms with Crippen molar-refractivity contribution in [1.29, 1.82) is 0 Å². The summed E-state index contributed by atoms with van der Waals surface area (Å²) >= 11 is 0. The Hall–Kier alpha value is -1.83. The second kappa shape index (κ2) is 9.17. The van der Waals surface area contributed by atoms with E-state index in [1.54, 1.807) is 0 Å². The first-order valence-corrected chi connectivity index (χ1v) is 7.54. The Kier molecular flexibility index (Phi) is 7.52. The lowest BCUT2D eigenvalue weighted by Crippen LogP contribution is -2.15. The molecule has 0 aliphatic heterocycles. The Morgan fingerprint density at radius 2 is 1.81 bits per heavy atom. The van der Waals surface area contributed by atoms with Gasteiger partial charge in [-0.2, -0.15) is 0 Å². The molecule has 21 heavy (non-hydrogen) atoms. The zero-order valence-corrected chi connectivity index (χ0v) is 13.3. The van der Waals surface area contributed by atoms with Crippen molar-refractivity contribution in [3.05, 3.63) is 59.2 Å². The first-order valence-electron chi connectivity index (χ1n) is 7.54. The fourth-order valence-electron chi connectivity index (χ4n) is 2.20. The lowest BCUT2D eigenvalue weighted by Gasteiger charge is -2.11. The van der Waals surface area contributed by atoms with Crippen LogP contribution in [0.5, 0.6) is 0 Å². The van der Waals surface area contributed by atoms with Crippen molar-refractivity contribution in [3.8, 4) is 0 Å². The molecule has 2 nitrogen and oxygen atoms in total. The zero-order valence-electron chi connectivity index (χ0n) is 13.3. The molecule has 1 atom stereocenters. The quantitative estimate of drug-likeness (QED) is 0.682. The van der Waals surface area contributed by atoms with Crippen LogP contribution in [0.25, 0.3) is 0 Å². The third kappa shape index (κ3) is 7.50. The number of carbonyl (C=O) groups is 1. The van der Waals surface area contributed by atoms with Crippen molar-refractivity contribution in [1.82, 2.24) is 0 Å². The second-order valence-electron chi connectivity index (χ2n) is 5.83. The number of benzene rings is 1. The summed E-state index contributed by atoms with van der Waals surface area (Å²) < 4.78 is 0. The van der Waals surface area contributed by atoms with E-state index in [1.807, 2.05) is 30.3 Å². The SMILES string of the molecule is CC(C)=CCC/C(C)=C/C[C@H](Cc1ccccc1)C(=O)O. The molecule has 0 saturated heterocycles. The molecular formula is C19H26O2. The molecule has 0 saturated carbocycles. The van der Waals surface area contributed by atoms with Crippen LogP contribution < -0.4 is 0 Å². The van der Waals surface area contributed by atoms with Crippen LogP contribution >= 0.6 is 0 Å². The van der Waals surface area contributed by atoms with Crippen LogP contribution in [0.2, 0.25) is 0 Å². The molecule has 0 aromatic heterocycles. The molecule has 1 aromatic carbocycles. The number of rotatable bonds is 8. The van der Waals surface area contributed by atoms with Gasteiger partial charge in [-0.1, -0.05) is 53.6 Å². The van der Waals surface area contributed by atoms with Gasteiger partial charge < -0.3 is 5.11 Å². The summed E-state index contributed by atoms with van der Waals surface area (Å²) in [6.07, 6.45) is 7.53. The van der Waals surface area contributed by atoms with E-state index in [0.717, 1.165) is 18.4 Å². The third-order valence-corrected chi connectivity index (χ3v) is 3.52. The van der Waals surface area contributed by atoms with E-state index < -0.39 is 5.97 Å². The Morgan fingerprint density at radius 1 is 1.14 bits per heavy atom. The minimum absolute atomic E-state index is 0.342. The Labute approximate surface area is 128 Å². The van der Waals surface area contributed by atoms with Gasteiger partial charge in [-0.15, -0.1) is 0 Å². The predicted molar refractivity (Wildman–Crippen MR) is 88.3 cm³/mol. The van der Waals surface area contributed by atoms with Crippen LogP contribution in [-0.4, -0.2) is 11.1 Å². The average molecular weight is 286 g/mol. The van der Waals surface area contributed by atoms with Gasteiger partial charge in [0.1, 0.15) is 0 Å². The van der Waals surface area contributed by atoms with Gasteiger partial charge in [0.15, 0.2) is 0 Å². The molecule has 0 aliphatic carbocycles. The molecule has 0 bridgehead atoms. The van der Waals surface area contributed by atoms with Crippen LogP contribution in [0.1, 0.15) is 45.6 Å². The highest BCUT2D eigenvalue weighted by Crippen LogP contribution is 2.16. The van der Waals surface area contributed by atoms with Crippen LogP contribution in [0.15, 0.2) is 53.6 Å². The van der Waals surface area contributed by atoms with E-state index >= 15 is 0 Å². The summed E-state index contributed by atoms with van der Waals surface area (Å²) in [6.45, 7) is 6.28. The van der Waals surface area contributed by atoms with Gasteiger partial charge in [0.05, 0.1) is 5.92 Å². The summed E-state index contributed by atoms with van der Waals surface area (Å²) in [5.41, 5.74) is 3.68. The molecule has 0 amide bonds. The molecule has 1 N–H and O–H groups in total. The Bertz CT molecular complexity index is 494. The molecule has 0 radical (unpaired) electrons. The second-order valence-corrected chi connectivity index (χ2v) is 5.83. The predicted octanol–water partition coefficient (Wildman–Crippen LogP) is 5.01. The first-order chi connectivity index (χ1) is 9.99. The Balaban J connectivity index is 2.54. The number of carboxylic acids is 1. The van der Waals surface area contributed by atoms with Crippen molar-refractivity contribution >= 4 is 5.97 Å². The summed E-state index contributed by atoms with van der Waals surface area (Å²) in [4.78, 5) is 11.4. The van der Waals surface area contributed by atoms with Crippen LogP contribution in [0.3, 0.4) is 0 Å². The maximum Gasteiger partial charge on any atom is 0.307 e. The summed E-state index contributed by atoms with van der Waals surface area (Å²) in [5.74, 6) is -1.06. The number of hydrogen-bond acceptors (Lipinski definition) is 1. The van der Waals surface area contributed by atoms with E-state index in [4.69, 9.17) is 0 Å². The number of hydrogen-bond donors (Lipinski definition) is 1. The average Bonchev–Trinajstić information content (AvgIpc) is 2.43. The number of allylic oxidation sites excluding steroid dienone is 4. The van der Waals surface area contributed by atoms with Crippen molar-refractivity contribution in [3.63, 3.8) is 0 Å². The highest BCUT2D eigenvalue weighted by molar-refractivity contribution is 5.70. The highest BCUT2D eigenvalue weighted by Gasteiger charge is 2.16. The van der Waals surface area contributed by atoms with Gasteiger partial charge in [-0.25, -0.2) is 0 Å². The topological polar surface area (TPSA) is 37.3 Å². The zero-order chi connectivity index (χ0) is 15.7. The van der Waals surface area contributed by atoms with E-state index in [1.165, 1.54) is 11.1 Å². The molecule has 114 valence electrons. The van der Waals surface area contributed by atoms with Gasteiger partial charge in [0.2, 0.25) is 0 Å². The van der Waals surface area contributed by atoms with Crippen molar-refractivity contribution in [2.24, 2.45) is 5.92 Å². The summed E-state index contributed by atoms with van der Waals surface area (Å²) in [6, 6.07) is 9.83. The van der Waals surface area contributed by atoms with E-state index in [2.05, 4.69) is 32.9 Å². The molecule has 1 aromatic rings. The largest absolute Gasteiger partial charge is 0.481 e. The Morgan fingerprint density at radius 3 is 2.38 bits per heavy atom. The smallest absolute Gasteiger partial charge is 0.307 e. The molecule has 1 rings (SSSR count). The van der Waals surface area contributed by atoms with Gasteiger partial charge in [0, 0.05) is 0 Å². The van der Waals surface area contributed by atoms with Gasteiger partial charge in [-0.05, 0) is 52.0 Å². The van der Waals surface area contributed by atoms with Crippen LogP contribution in [0.4, 0.5) is 0 Å². The number of aliphatic carboxylic acids is 1. The molecule has 0 heterocycles. The first kappa shape index (κ1) is 17.2. The lowest BCUT2D eigenvalue weighted by molar-refractivity contribution is -0.141. The normalized spacial score (nSPS) is 12.8. The number of carboxylic acid groups (broad SMARTS) is 1. The minimum atomic E-state index is -0.716. The fraction of sp³-hybridized carbons (Fsp3) is 0.421. The summed E-state index contributed by atoms with van der Waals surface area (Å²) in [7, 11) is 0. The monoisotopic (exact) mass is 286 g/mol. The third-order valence-electron chi connectivity index (χ3n) is 3.52. The van der Waals surface area contributed by atoms with Crippen LogP contribution in [0, 0.1) is 5.92 Å². The fourth-order valence-corrected chi connectivity index (χ4v) is 2.20. The molecular weight excluding hydrogens is 260 g/mol. The van der Waals surface area contributed by atoms with Gasteiger partial charge in [0.25, 0.3) is 0 Å². The van der Waals surface area contributed by atoms with Crippen molar-refractivity contribution in [2.75, 3.05) is 0 Å². The minimum Gasteiger partial charge on any atom is -0.481 e. The molecule has 0 spiro atoms. The van der Waals surface area contributed by atoms with E-state index in [9.17, 15) is 9.90 Å². The van der Waals surface area contributed by atoms with Gasteiger partial charge in [-0.3, -0.25) is 4.79 Å². The van der Waals surface area contributed by atoms with Crippen LogP contribution in [-0.2, 0) is 11.2 Å².